The van der Waals surface area contributed by atoms with E-state index in [9.17, 15) is 0 Å². The normalized spacial score (nSPS) is 10.9. The highest BCUT2D eigenvalue weighted by atomic mass is 35.5. The molecule has 0 saturated heterocycles. The number of hydrogen-bond donors (Lipinski definition) is 1. The van der Waals surface area contributed by atoms with Crippen LogP contribution in [0.3, 0.4) is 0 Å². The minimum absolute atomic E-state index is 0.430. The molecule has 116 valence electrons. The molecule has 0 heterocycles. The van der Waals surface area contributed by atoms with Crippen molar-refractivity contribution in [2.45, 2.75) is 13.5 Å². The maximum Gasteiger partial charge on any atom is 0.128 e. The number of nitrogens with one attached hydrogen (secondary N) is 1. The Bertz CT molecular complexity index is 654. The summed E-state index contributed by atoms with van der Waals surface area (Å²) in [6.45, 7) is 2.93. The van der Waals surface area contributed by atoms with Crippen molar-refractivity contribution in [2.75, 3.05) is 6.61 Å². The minimum atomic E-state index is 0.430. The van der Waals surface area contributed by atoms with Gasteiger partial charge in [0.15, 0.2) is 0 Å². The third-order valence-electron chi connectivity index (χ3n) is 2.88. The molecule has 0 aliphatic heterocycles. The van der Waals surface area contributed by atoms with Gasteiger partial charge in [-0.15, -0.1) is 0 Å². The van der Waals surface area contributed by atoms with Gasteiger partial charge in [-0.3, -0.25) is 0 Å². The second-order valence-corrected chi connectivity index (χ2v) is 5.66. The fraction of sp³-hybridized carbons (Fsp3) is 0.188. The summed E-state index contributed by atoms with van der Waals surface area (Å²) in [5.41, 5.74) is 4.53. The quantitative estimate of drug-likeness (QED) is 0.571. The van der Waals surface area contributed by atoms with E-state index in [1.807, 2.05) is 13.0 Å². The molecular weight excluding hydrogens is 343 g/mol. The standard InChI is InChI=1S/C16H15Cl3N2O/c1-2-22-16-7-6-12(17)8-11(16)9-20-21-10-13-14(18)4-3-5-15(13)19/h3-9,21H,2,10H2,1H3/b20-9-. The summed E-state index contributed by atoms with van der Waals surface area (Å²) in [5, 5.41) is 6.01. The monoisotopic (exact) mass is 356 g/mol. The lowest BCUT2D eigenvalue weighted by atomic mass is 10.2. The second-order valence-electron chi connectivity index (χ2n) is 4.41. The highest BCUT2D eigenvalue weighted by Gasteiger charge is 2.04. The van der Waals surface area contributed by atoms with Crippen LogP contribution in [0, 0.1) is 0 Å². The van der Waals surface area contributed by atoms with Gasteiger partial charge >= 0.3 is 0 Å². The smallest absolute Gasteiger partial charge is 0.128 e. The van der Waals surface area contributed by atoms with Gasteiger partial charge in [-0.25, -0.2) is 0 Å². The number of halogens is 3. The Morgan fingerprint density at radius 2 is 1.86 bits per heavy atom. The van der Waals surface area contributed by atoms with Crippen molar-refractivity contribution in [1.82, 2.24) is 5.43 Å². The van der Waals surface area contributed by atoms with E-state index in [1.165, 1.54) is 0 Å². The van der Waals surface area contributed by atoms with Gasteiger partial charge < -0.3 is 10.2 Å². The molecule has 0 radical (unpaired) electrons. The van der Waals surface area contributed by atoms with Crippen LogP contribution in [0.4, 0.5) is 0 Å². The number of hydrazone groups is 1. The first kappa shape index (κ1) is 16.9. The van der Waals surface area contributed by atoms with Crippen molar-refractivity contribution >= 4 is 41.0 Å². The second kappa shape index (κ2) is 8.28. The molecule has 2 aromatic carbocycles. The van der Waals surface area contributed by atoms with E-state index >= 15 is 0 Å². The lowest BCUT2D eigenvalue weighted by Gasteiger charge is -2.08. The molecule has 0 atom stereocenters. The minimum Gasteiger partial charge on any atom is -0.493 e. The van der Waals surface area contributed by atoms with Crippen molar-refractivity contribution in [1.29, 1.82) is 0 Å². The Morgan fingerprint density at radius 1 is 1.14 bits per heavy atom. The predicted octanol–water partition coefficient (Wildman–Crippen LogP) is 5.17. The lowest BCUT2D eigenvalue weighted by molar-refractivity contribution is 0.340. The fourth-order valence-corrected chi connectivity index (χ4v) is 2.56. The highest BCUT2D eigenvalue weighted by molar-refractivity contribution is 6.36. The van der Waals surface area contributed by atoms with Crippen LogP contribution in [-0.4, -0.2) is 12.8 Å². The summed E-state index contributed by atoms with van der Waals surface area (Å²) >= 11 is 18.2. The van der Waals surface area contributed by atoms with Gasteiger partial charge in [-0.2, -0.15) is 5.10 Å². The summed E-state index contributed by atoms with van der Waals surface area (Å²) in [5.74, 6) is 0.730. The third-order valence-corrected chi connectivity index (χ3v) is 3.83. The van der Waals surface area contributed by atoms with Crippen molar-refractivity contribution in [2.24, 2.45) is 5.10 Å². The zero-order chi connectivity index (χ0) is 15.9. The molecule has 2 aromatic rings. The Hall–Kier alpha value is -1.42. The summed E-state index contributed by atoms with van der Waals surface area (Å²) < 4.78 is 5.53. The van der Waals surface area contributed by atoms with E-state index in [0.717, 1.165) is 16.9 Å². The molecular formula is C16H15Cl3N2O. The number of nitrogens with zero attached hydrogens (tertiary/aromatic N) is 1. The molecule has 0 aromatic heterocycles. The van der Waals surface area contributed by atoms with E-state index in [-0.39, 0.29) is 0 Å². The van der Waals surface area contributed by atoms with Gasteiger partial charge in [0.2, 0.25) is 0 Å². The maximum atomic E-state index is 6.10. The lowest BCUT2D eigenvalue weighted by Crippen LogP contribution is -2.07. The zero-order valence-corrected chi connectivity index (χ0v) is 14.2. The first-order chi connectivity index (χ1) is 10.6. The van der Waals surface area contributed by atoms with E-state index in [0.29, 0.717) is 28.2 Å². The van der Waals surface area contributed by atoms with Crippen LogP contribution in [-0.2, 0) is 6.54 Å². The van der Waals surface area contributed by atoms with Crippen molar-refractivity contribution in [3.05, 3.63) is 62.6 Å². The number of rotatable bonds is 6. The molecule has 0 bridgehead atoms. The Balaban J connectivity index is 2.05. The van der Waals surface area contributed by atoms with Crippen molar-refractivity contribution in [3.63, 3.8) is 0 Å². The molecule has 0 fully saturated rings. The SMILES string of the molecule is CCOc1ccc(Cl)cc1/C=N\NCc1c(Cl)cccc1Cl. The molecule has 1 N–H and O–H groups in total. The highest BCUT2D eigenvalue weighted by Crippen LogP contribution is 2.24. The fourth-order valence-electron chi connectivity index (χ4n) is 1.85. The van der Waals surface area contributed by atoms with Gasteiger partial charge in [0.1, 0.15) is 5.75 Å². The van der Waals surface area contributed by atoms with Crippen LogP contribution in [0.1, 0.15) is 18.1 Å². The topological polar surface area (TPSA) is 33.6 Å². The van der Waals surface area contributed by atoms with E-state index in [2.05, 4.69) is 10.5 Å². The molecule has 22 heavy (non-hydrogen) atoms. The Kier molecular flexibility index (Phi) is 6.37. The van der Waals surface area contributed by atoms with E-state index < -0.39 is 0 Å². The molecule has 3 nitrogen and oxygen atoms in total. The molecule has 6 heteroatoms. The van der Waals surface area contributed by atoms with Gasteiger partial charge in [0.05, 0.1) is 19.4 Å². The molecule has 0 unspecified atom stereocenters. The zero-order valence-electron chi connectivity index (χ0n) is 11.9. The Labute approximate surface area is 144 Å². The maximum absolute atomic E-state index is 6.10. The van der Waals surface area contributed by atoms with E-state index in [4.69, 9.17) is 39.5 Å². The Morgan fingerprint density at radius 3 is 2.55 bits per heavy atom. The van der Waals surface area contributed by atoms with Crippen LogP contribution in [0.5, 0.6) is 5.75 Å². The molecule has 0 aliphatic carbocycles. The van der Waals surface area contributed by atoms with Crippen LogP contribution in [0.2, 0.25) is 15.1 Å². The summed E-state index contributed by atoms with van der Waals surface area (Å²) in [6.07, 6.45) is 1.65. The third kappa shape index (κ3) is 4.54. The van der Waals surface area contributed by atoms with Crippen LogP contribution >= 0.6 is 34.8 Å². The van der Waals surface area contributed by atoms with Gasteiger partial charge in [0.25, 0.3) is 0 Å². The summed E-state index contributed by atoms with van der Waals surface area (Å²) in [7, 11) is 0. The van der Waals surface area contributed by atoms with Gasteiger partial charge in [-0.05, 0) is 37.3 Å². The summed E-state index contributed by atoms with van der Waals surface area (Å²) in [4.78, 5) is 0. The first-order valence-electron chi connectivity index (χ1n) is 6.73. The first-order valence-corrected chi connectivity index (χ1v) is 7.86. The van der Waals surface area contributed by atoms with Crippen molar-refractivity contribution in [3.8, 4) is 5.75 Å². The molecule has 0 amide bonds. The molecule has 2 rings (SSSR count). The number of hydrogen-bond acceptors (Lipinski definition) is 3. The van der Waals surface area contributed by atoms with Crippen LogP contribution in [0.25, 0.3) is 0 Å². The predicted molar refractivity (Wildman–Crippen MR) is 93.5 cm³/mol. The largest absolute Gasteiger partial charge is 0.493 e. The molecule has 0 saturated carbocycles. The van der Waals surface area contributed by atoms with Gasteiger partial charge in [0, 0.05) is 26.2 Å². The molecule has 0 spiro atoms. The number of benzene rings is 2. The average molecular weight is 358 g/mol. The summed E-state index contributed by atoms with van der Waals surface area (Å²) in [6, 6.07) is 10.8. The average Bonchev–Trinajstić information content (AvgIpc) is 2.48. The number of ether oxygens (including phenoxy) is 1. The van der Waals surface area contributed by atoms with Crippen molar-refractivity contribution < 1.29 is 4.74 Å². The van der Waals surface area contributed by atoms with E-state index in [1.54, 1.807) is 36.5 Å². The molecule has 0 aliphatic rings. The van der Waals surface area contributed by atoms with Gasteiger partial charge in [-0.1, -0.05) is 40.9 Å². The van der Waals surface area contributed by atoms with Crippen LogP contribution in [0.15, 0.2) is 41.5 Å². The van der Waals surface area contributed by atoms with Crippen LogP contribution < -0.4 is 10.2 Å².